The average Bonchev–Trinajstić information content (AvgIpc) is 2.80. The van der Waals surface area contributed by atoms with Crippen LogP contribution in [0.2, 0.25) is 0 Å². The second kappa shape index (κ2) is 8.75. The Morgan fingerprint density at radius 3 is 2.07 bits per heavy atom. The number of hydrogen-bond acceptors (Lipinski definition) is 5. The van der Waals surface area contributed by atoms with Crippen molar-refractivity contribution in [3.63, 3.8) is 0 Å². The van der Waals surface area contributed by atoms with E-state index >= 15 is 0 Å². The van der Waals surface area contributed by atoms with Crippen molar-refractivity contribution in [3.05, 3.63) is 29.8 Å². The molecule has 1 aromatic rings. The lowest BCUT2D eigenvalue weighted by molar-refractivity contribution is -0.120. The predicted octanol–water partition coefficient (Wildman–Crippen LogP) is 2.17. The number of nitrogens with one attached hydrogen (secondary N) is 2. The van der Waals surface area contributed by atoms with Gasteiger partial charge in [0.15, 0.2) is 0 Å². The van der Waals surface area contributed by atoms with Crippen LogP contribution in [0.1, 0.15) is 54.0 Å². The van der Waals surface area contributed by atoms with Crippen LogP contribution in [-0.2, 0) is 25.3 Å². The molecule has 1 aliphatic heterocycles. The lowest BCUT2D eigenvalue weighted by Crippen LogP contribution is -2.41. The zero-order valence-corrected chi connectivity index (χ0v) is 18.5. The van der Waals surface area contributed by atoms with E-state index in [4.69, 9.17) is 14.0 Å². The van der Waals surface area contributed by atoms with E-state index in [9.17, 15) is 9.59 Å². The molecule has 2 amide bonds. The average molecular weight is 404 g/mol. The largest absolute Gasteiger partial charge is 0.494 e. The normalized spacial score (nSPS) is 17.7. The summed E-state index contributed by atoms with van der Waals surface area (Å²) in [6, 6.07) is 7.99. The first-order valence-corrected chi connectivity index (χ1v) is 9.97. The van der Waals surface area contributed by atoms with E-state index in [-0.39, 0.29) is 30.8 Å². The zero-order valence-electron chi connectivity index (χ0n) is 18.5. The summed E-state index contributed by atoms with van der Waals surface area (Å²) in [7, 11) is -0.382. The third kappa shape index (κ3) is 6.75. The maximum absolute atomic E-state index is 11.8. The van der Waals surface area contributed by atoms with Gasteiger partial charge >= 0.3 is 13.2 Å². The van der Waals surface area contributed by atoms with E-state index in [2.05, 4.69) is 10.6 Å². The molecule has 0 radical (unpaired) electrons. The van der Waals surface area contributed by atoms with Gasteiger partial charge in [-0.2, -0.15) is 0 Å². The molecule has 1 aromatic carbocycles. The number of hydrogen-bond donors (Lipinski definition) is 2. The molecule has 1 fully saturated rings. The maximum Gasteiger partial charge on any atom is 0.494 e. The molecule has 1 heterocycles. The summed E-state index contributed by atoms with van der Waals surface area (Å²) >= 11 is 0. The van der Waals surface area contributed by atoms with Crippen molar-refractivity contribution < 1.29 is 23.6 Å². The number of carbonyl (C=O) groups is 2. The van der Waals surface area contributed by atoms with Gasteiger partial charge in [-0.1, -0.05) is 24.3 Å². The number of ether oxygens (including phenoxy) is 1. The van der Waals surface area contributed by atoms with E-state index < -0.39 is 11.7 Å². The summed E-state index contributed by atoms with van der Waals surface area (Å²) in [6.07, 6.45) is 0.0768. The fraction of sp³-hybridized carbons (Fsp3) is 0.619. The van der Waals surface area contributed by atoms with Gasteiger partial charge in [0.1, 0.15) is 5.60 Å². The van der Waals surface area contributed by atoms with E-state index in [1.54, 1.807) is 20.8 Å². The van der Waals surface area contributed by atoms with Crippen LogP contribution in [0.15, 0.2) is 24.3 Å². The molecule has 1 aliphatic rings. The molecule has 0 unspecified atom stereocenters. The van der Waals surface area contributed by atoms with Gasteiger partial charge in [0.05, 0.1) is 17.7 Å². The first-order valence-electron chi connectivity index (χ1n) is 9.97. The summed E-state index contributed by atoms with van der Waals surface area (Å²) in [6.45, 7) is 13.8. The minimum atomic E-state index is -0.606. The highest BCUT2D eigenvalue weighted by Gasteiger charge is 2.51. The summed E-state index contributed by atoms with van der Waals surface area (Å²) < 4.78 is 17.2. The van der Waals surface area contributed by atoms with Crippen LogP contribution in [0.25, 0.3) is 0 Å². The van der Waals surface area contributed by atoms with Crippen LogP contribution in [-0.4, -0.2) is 49.0 Å². The number of benzene rings is 1. The number of alkyl carbamates (subject to hydrolysis) is 1. The second-order valence-electron chi connectivity index (χ2n) is 9.29. The molecule has 0 aromatic heterocycles. The molecule has 2 N–H and O–H groups in total. The predicted molar refractivity (Wildman–Crippen MR) is 113 cm³/mol. The van der Waals surface area contributed by atoms with E-state index in [1.807, 2.05) is 52.0 Å². The van der Waals surface area contributed by atoms with Crippen molar-refractivity contribution >= 4 is 24.6 Å². The highest BCUT2D eigenvalue weighted by Crippen LogP contribution is 2.36. The first kappa shape index (κ1) is 23.2. The Kier molecular flexibility index (Phi) is 7.01. The Bertz CT molecular complexity index is 710. The summed E-state index contributed by atoms with van der Waals surface area (Å²) in [5.74, 6) is -0.260. The van der Waals surface area contributed by atoms with Gasteiger partial charge in [-0.05, 0) is 65.9 Å². The highest BCUT2D eigenvalue weighted by atomic mass is 16.7. The van der Waals surface area contributed by atoms with Crippen molar-refractivity contribution in [1.82, 2.24) is 10.6 Å². The molecule has 7 nitrogen and oxygen atoms in total. The molecule has 8 heteroatoms. The molecular formula is C21H33BN2O5. The van der Waals surface area contributed by atoms with Gasteiger partial charge in [-0.15, -0.1) is 0 Å². The van der Waals surface area contributed by atoms with Crippen LogP contribution >= 0.6 is 0 Å². The molecule has 1 saturated heterocycles. The van der Waals surface area contributed by atoms with Crippen LogP contribution < -0.4 is 16.1 Å². The Hall–Kier alpha value is -2.06. The van der Waals surface area contributed by atoms with Gasteiger partial charge < -0.3 is 24.7 Å². The quantitative estimate of drug-likeness (QED) is 0.710. The number of carbonyl (C=O) groups excluding carboxylic acids is 2. The van der Waals surface area contributed by atoms with Crippen molar-refractivity contribution in [3.8, 4) is 0 Å². The van der Waals surface area contributed by atoms with E-state index in [0.717, 1.165) is 11.0 Å². The Labute approximate surface area is 174 Å². The maximum atomic E-state index is 11.8. The Morgan fingerprint density at radius 1 is 1.00 bits per heavy atom. The van der Waals surface area contributed by atoms with Crippen LogP contribution in [0.5, 0.6) is 0 Å². The Morgan fingerprint density at radius 2 is 1.55 bits per heavy atom. The van der Waals surface area contributed by atoms with E-state index in [0.29, 0.717) is 13.0 Å². The first-order chi connectivity index (χ1) is 13.3. The molecule has 0 bridgehead atoms. The molecule has 0 aliphatic carbocycles. The molecule has 29 heavy (non-hydrogen) atoms. The summed E-state index contributed by atoms with van der Waals surface area (Å²) in [5.41, 5.74) is 0.734. The lowest BCUT2D eigenvalue weighted by atomic mass is 9.79. The smallest absolute Gasteiger partial charge is 0.444 e. The van der Waals surface area contributed by atoms with Gasteiger partial charge in [0.25, 0.3) is 0 Å². The summed E-state index contributed by atoms with van der Waals surface area (Å²) in [4.78, 5) is 23.4. The lowest BCUT2D eigenvalue weighted by Gasteiger charge is -2.32. The SMILES string of the molecule is CC(C)(C)OC(=O)NCC(=O)NCCc1ccc(B2OC(C)(C)C(C)(C)O2)cc1. The topological polar surface area (TPSA) is 85.9 Å². The van der Waals surface area contributed by atoms with Crippen LogP contribution in [0.4, 0.5) is 4.79 Å². The fourth-order valence-corrected chi connectivity index (χ4v) is 2.70. The highest BCUT2D eigenvalue weighted by molar-refractivity contribution is 6.62. The van der Waals surface area contributed by atoms with Gasteiger partial charge in [0.2, 0.25) is 5.91 Å². The van der Waals surface area contributed by atoms with Crippen LogP contribution in [0.3, 0.4) is 0 Å². The molecule has 0 saturated carbocycles. The molecular weight excluding hydrogens is 371 g/mol. The molecule has 160 valence electrons. The fourth-order valence-electron chi connectivity index (χ4n) is 2.70. The third-order valence-corrected chi connectivity index (χ3v) is 5.03. The number of amides is 2. The van der Waals surface area contributed by atoms with Gasteiger partial charge in [-0.3, -0.25) is 4.79 Å². The van der Waals surface area contributed by atoms with Crippen molar-refractivity contribution in [2.24, 2.45) is 0 Å². The van der Waals surface area contributed by atoms with Crippen molar-refractivity contribution in [2.75, 3.05) is 13.1 Å². The van der Waals surface area contributed by atoms with Crippen molar-refractivity contribution in [1.29, 1.82) is 0 Å². The molecule has 2 rings (SSSR count). The number of rotatable bonds is 6. The standard InChI is InChI=1S/C21H33BN2O5/c1-19(2,3)27-18(26)24-14-17(25)23-13-12-15-8-10-16(11-9-15)22-28-20(4,5)21(6,7)29-22/h8-11H,12-14H2,1-7H3,(H,23,25)(H,24,26). The minimum absolute atomic E-state index is 0.115. The van der Waals surface area contributed by atoms with Gasteiger partial charge in [0, 0.05) is 6.54 Å². The Balaban J connectivity index is 1.74. The molecule has 0 atom stereocenters. The third-order valence-electron chi connectivity index (χ3n) is 5.03. The van der Waals surface area contributed by atoms with Crippen LogP contribution in [0, 0.1) is 0 Å². The second-order valence-corrected chi connectivity index (χ2v) is 9.29. The monoisotopic (exact) mass is 404 g/mol. The van der Waals surface area contributed by atoms with Crippen molar-refractivity contribution in [2.45, 2.75) is 71.7 Å². The van der Waals surface area contributed by atoms with E-state index in [1.165, 1.54) is 0 Å². The molecule has 0 spiro atoms. The van der Waals surface area contributed by atoms with Gasteiger partial charge in [-0.25, -0.2) is 4.79 Å². The zero-order chi connectivity index (χ0) is 21.9. The summed E-state index contributed by atoms with van der Waals surface area (Å²) in [5, 5.41) is 5.22. The minimum Gasteiger partial charge on any atom is -0.444 e.